The number of benzene rings is 1. The highest BCUT2D eigenvalue weighted by Gasteiger charge is 2.13. The molecule has 0 heterocycles. The number of nitrogens with zero attached hydrogens (tertiary/aromatic N) is 1. The van der Waals surface area contributed by atoms with E-state index in [9.17, 15) is 0 Å². The quantitative estimate of drug-likeness (QED) is 0.534. The van der Waals surface area contributed by atoms with E-state index in [1.165, 1.54) is 5.56 Å². The Balaban J connectivity index is 2.86. The van der Waals surface area contributed by atoms with Crippen LogP contribution in [0.5, 0.6) is 5.75 Å². The van der Waals surface area contributed by atoms with E-state index >= 15 is 0 Å². The van der Waals surface area contributed by atoms with Crippen LogP contribution in [0.2, 0.25) is 0 Å². The van der Waals surface area contributed by atoms with Gasteiger partial charge >= 0.3 is 0 Å². The lowest BCUT2D eigenvalue weighted by Crippen LogP contribution is -2.39. The molecule has 1 aromatic rings. The monoisotopic (exact) mass is 307 g/mol. The first kappa shape index (κ1) is 18.3. The number of nitrogens with one attached hydrogen (secondary N) is 2. The van der Waals surface area contributed by atoms with Crippen LogP contribution in [0.1, 0.15) is 37.9 Å². The second-order valence-corrected chi connectivity index (χ2v) is 5.62. The van der Waals surface area contributed by atoms with Crippen LogP contribution in [0.3, 0.4) is 0 Å². The molecule has 2 unspecified atom stereocenters. The number of aliphatic hydroxyl groups excluding tert-OH is 1. The van der Waals surface area contributed by atoms with Gasteiger partial charge in [-0.1, -0.05) is 24.6 Å². The van der Waals surface area contributed by atoms with Crippen molar-refractivity contribution in [3.63, 3.8) is 0 Å². The molecule has 1 aromatic carbocycles. The van der Waals surface area contributed by atoms with Crippen LogP contribution in [0, 0.1) is 12.8 Å². The molecule has 3 N–H and O–H groups in total. The van der Waals surface area contributed by atoms with Crippen LogP contribution < -0.4 is 15.4 Å². The molecule has 5 nitrogen and oxygen atoms in total. The number of rotatable bonds is 7. The molecule has 0 bridgehead atoms. The maximum atomic E-state index is 9.11. The molecule has 0 aliphatic heterocycles. The Labute approximate surface area is 133 Å². The van der Waals surface area contributed by atoms with Crippen LogP contribution in [0.4, 0.5) is 0 Å². The summed E-state index contributed by atoms with van der Waals surface area (Å²) in [5, 5.41) is 15.7. The lowest BCUT2D eigenvalue weighted by Gasteiger charge is -2.21. The number of ether oxygens (including phenoxy) is 1. The summed E-state index contributed by atoms with van der Waals surface area (Å²) in [6, 6.07) is 6.21. The predicted octanol–water partition coefficient (Wildman–Crippen LogP) is 2.25. The molecule has 0 amide bonds. The first-order valence-corrected chi connectivity index (χ1v) is 7.82. The highest BCUT2D eigenvalue weighted by molar-refractivity contribution is 5.80. The van der Waals surface area contributed by atoms with Crippen molar-refractivity contribution in [2.45, 2.75) is 33.7 Å². The van der Waals surface area contributed by atoms with Crippen LogP contribution in [-0.2, 0) is 0 Å². The number of hydrogen-bond donors (Lipinski definition) is 3. The summed E-state index contributed by atoms with van der Waals surface area (Å²) in [6.45, 7) is 9.67. The highest BCUT2D eigenvalue weighted by Crippen LogP contribution is 2.25. The summed E-state index contributed by atoms with van der Waals surface area (Å²) >= 11 is 0. The van der Waals surface area contributed by atoms with Crippen molar-refractivity contribution in [3.05, 3.63) is 29.3 Å². The van der Waals surface area contributed by atoms with Gasteiger partial charge in [0.2, 0.25) is 0 Å². The van der Waals surface area contributed by atoms with E-state index < -0.39 is 0 Å². The molecule has 0 aromatic heterocycles. The SMILES string of the molecule is CCNC(=NCC(C)CO)NC(C)c1cc(C)ccc1OC. The lowest BCUT2D eigenvalue weighted by molar-refractivity contribution is 0.241. The Bertz CT molecular complexity index is 489. The van der Waals surface area contributed by atoms with E-state index in [0.717, 1.165) is 23.8 Å². The average Bonchev–Trinajstić information content (AvgIpc) is 2.52. The fourth-order valence-corrected chi connectivity index (χ4v) is 2.10. The Morgan fingerprint density at radius 3 is 2.68 bits per heavy atom. The van der Waals surface area contributed by atoms with Gasteiger partial charge in [0, 0.05) is 25.3 Å². The van der Waals surface area contributed by atoms with Crippen molar-refractivity contribution in [3.8, 4) is 5.75 Å². The standard InChI is InChI=1S/C17H29N3O2/c1-6-18-17(19-10-13(3)11-21)20-14(4)15-9-12(2)7-8-16(15)22-5/h7-9,13-14,21H,6,10-11H2,1-5H3,(H2,18,19,20). The number of aryl methyl sites for hydroxylation is 1. The molecule has 0 saturated carbocycles. The van der Waals surface area contributed by atoms with Gasteiger partial charge in [0.1, 0.15) is 5.75 Å². The third-order valence-electron chi connectivity index (χ3n) is 3.42. The molecule has 22 heavy (non-hydrogen) atoms. The van der Waals surface area contributed by atoms with Gasteiger partial charge in [0.15, 0.2) is 5.96 Å². The van der Waals surface area contributed by atoms with Gasteiger partial charge < -0.3 is 20.5 Å². The summed E-state index contributed by atoms with van der Waals surface area (Å²) in [4.78, 5) is 4.52. The van der Waals surface area contributed by atoms with Crippen LogP contribution in [0.15, 0.2) is 23.2 Å². The summed E-state index contributed by atoms with van der Waals surface area (Å²) in [5.74, 6) is 1.77. The van der Waals surface area contributed by atoms with Crippen molar-refractivity contribution in [1.82, 2.24) is 10.6 Å². The minimum absolute atomic E-state index is 0.0667. The summed E-state index contributed by atoms with van der Waals surface area (Å²) in [7, 11) is 1.68. The van der Waals surface area contributed by atoms with E-state index in [1.54, 1.807) is 7.11 Å². The van der Waals surface area contributed by atoms with Crippen molar-refractivity contribution in [2.75, 3.05) is 26.8 Å². The smallest absolute Gasteiger partial charge is 0.191 e. The van der Waals surface area contributed by atoms with Gasteiger partial charge in [-0.2, -0.15) is 0 Å². The molecule has 124 valence electrons. The maximum absolute atomic E-state index is 9.11. The fourth-order valence-electron chi connectivity index (χ4n) is 2.10. The summed E-state index contributed by atoms with van der Waals surface area (Å²) < 4.78 is 5.45. The van der Waals surface area contributed by atoms with E-state index in [2.05, 4.69) is 35.5 Å². The molecule has 0 saturated heterocycles. The number of hydrogen-bond acceptors (Lipinski definition) is 3. The third kappa shape index (κ3) is 5.56. The van der Waals surface area contributed by atoms with Crippen molar-refractivity contribution >= 4 is 5.96 Å². The molecule has 0 fully saturated rings. The molecule has 5 heteroatoms. The normalized spacial score (nSPS) is 14.4. The topological polar surface area (TPSA) is 65.9 Å². The minimum Gasteiger partial charge on any atom is -0.496 e. The zero-order chi connectivity index (χ0) is 16.5. The second kappa shape index (κ2) is 9.30. The molecule has 0 aliphatic rings. The van der Waals surface area contributed by atoms with Gasteiger partial charge in [-0.15, -0.1) is 0 Å². The van der Waals surface area contributed by atoms with Crippen LogP contribution in [0.25, 0.3) is 0 Å². The van der Waals surface area contributed by atoms with Crippen LogP contribution >= 0.6 is 0 Å². The Kier molecular flexibility index (Phi) is 7.74. The number of aliphatic imine (C=N–C) groups is 1. The number of methoxy groups -OCH3 is 1. The zero-order valence-corrected chi connectivity index (χ0v) is 14.3. The maximum Gasteiger partial charge on any atom is 0.191 e. The Morgan fingerprint density at radius 1 is 1.36 bits per heavy atom. The predicted molar refractivity (Wildman–Crippen MR) is 91.5 cm³/mol. The zero-order valence-electron chi connectivity index (χ0n) is 14.3. The van der Waals surface area contributed by atoms with Crippen molar-refractivity contribution < 1.29 is 9.84 Å². The van der Waals surface area contributed by atoms with Gasteiger partial charge in [-0.3, -0.25) is 4.99 Å². The largest absolute Gasteiger partial charge is 0.496 e. The molecule has 0 aliphatic carbocycles. The van der Waals surface area contributed by atoms with Crippen molar-refractivity contribution in [2.24, 2.45) is 10.9 Å². The van der Waals surface area contributed by atoms with Crippen LogP contribution in [-0.4, -0.2) is 37.9 Å². The van der Waals surface area contributed by atoms with Gasteiger partial charge in [-0.05, 0) is 32.8 Å². The van der Waals surface area contributed by atoms with E-state index in [-0.39, 0.29) is 18.6 Å². The summed E-state index contributed by atoms with van der Waals surface area (Å²) in [6.07, 6.45) is 0. The second-order valence-electron chi connectivity index (χ2n) is 5.62. The molecule has 0 spiro atoms. The summed E-state index contributed by atoms with van der Waals surface area (Å²) in [5.41, 5.74) is 2.30. The van der Waals surface area contributed by atoms with E-state index in [0.29, 0.717) is 6.54 Å². The number of guanidine groups is 1. The Morgan fingerprint density at radius 2 is 2.09 bits per heavy atom. The molecule has 0 radical (unpaired) electrons. The highest BCUT2D eigenvalue weighted by atomic mass is 16.5. The minimum atomic E-state index is 0.0667. The lowest BCUT2D eigenvalue weighted by atomic mass is 10.0. The van der Waals surface area contributed by atoms with Gasteiger partial charge in [0.05, 0.1) is 13.2 Å². The molecule has 2 atom stereocenters. The third-order valence-corrected chi connectivity index (χ3v) is 3.42. The van der Waals surface area contributed by atoms with E-state index in [1.807, 2.05) is 26.0 Å². The van der Waals surface area contributed by atoms with Gasteiger partial charge in [-0.25, -0.2) is 0 Å². The Hall–Kier alpha value is -1.75. The molecular weight excluding hydrogens is 278 g/mol. The molecule has 1 rings (SSSR count). The first-order valence-electron chi connectivity index (χ1n) is 7.82. The number of aliphatic hydroxyl groups is 1. The fraction of sp³-hybridized carbons (Fsp3) is 0.588. The average molecular weight is 307 g/mol. The first-order chi connectivity index (χ1) is 10.5. The van der Waals surface area contributed by atoms with E-state index in [4.69, 9.17) is 9.84 Å². The molecular formula is C17H29N3O2. The van der Waals surface area contributed by atoms with Gasteiger partial charge in [0.25, 0.3) is 0 Å². The van der Waals surface area contributed by atoms with Crippen molar-refractivity contribution in [1.29, 1.82) is 0 Å².